The molecule has 2 heterocycles. The maximum Gasteiger partial charge on any atom is 0.345 e. The molecule has 1 saturated heterocycles. The van der Waals surface area contributed by atoms with Crippen molar-refractivity contribution in [3.05, 3.63) is 15.8 Å². The van der Waals surface area contributed by atoms with E-state index < -0.39 is 21.6 Å². The van der Waals surface area contributed by atoms with Crippen molar-refractivity contribution < 1.29 is 23.4 Å². The fraction of sp³-hybridized carbons (Fsp3) is 0.545. The molecule has 0 aliphatic carbocycles. The summed E-state index contributed by atoms with van der Waals surface area (Å²) in [6.45, 7) is 3.49. The minimum atomic E-state index is -3.71. The van der Waals surface area contributed by atoms with Crippen molar-refractivity contribution in [1.82, 2.24) is 4.31 Å². The minimum Gasteiger partial charge on any atom is -0.477 e. The molecule has 0 bridgehead atoms. The maximum absolute atomic E-state index is 12.3. The van der Waals surface area contributed by atoms with E-state index in [0.717, 1.165) is 11.3 Å². The Morgan fingerprint density at radius 2 is 2.11 bits per heavy atom. The molecular formula is C11H15NO5S2. The summed E-state index contributed by atoms with van der Waals surface area (Å²) in [7, 11) is -3.71. The number of sulfonamides is 1. The average molecular weight is 305 g/mol. The zero-order chi connectivity index (χ0) is 14.4. The number of rotatable bonds is 4. The Kier molecular flexibility index (Phi) is 3.46. The summed E-state index contributed by atoms with van der Waals surface area (Å²) in [4.78, 5) is 11.3. The van der Waals surface area contributed by atoms with E-state index in [4.69, 9.17) is 5.11 Å². The summed E-state index contributed by atoms with van der Waals surface area (Å²) >= 11 is 0.939. The second kappa shape index (κ2) is 4.55. The third kappa shape index (κ3) is 2.40. The van der Waals surface area contributed by atoms with Crippen molar-refractivity contribution in [2.75, 3.05) is 13.1 Å². The van der Waals surface area contributed by atoms with E-state index >= 15 is 0 Å². The molecular weight excluding hydrogens is 290 g/mol. The van der Waals surface area contributed by atoms with Gasteiger partial charge in [-0.15, -0.1) is 11.3 Å². The first-order chi connectivity index (χ1) is 8.69. The third-order valence-corrected chi connectivity index (χ3v) is 6.39. The van der Waals surface area contributed by atoms with E-state index in [-0.39, 0.29) is 22.9 Å². The SMILES string of the molecule is CCC1(O)CN(S(=O)(=O)c2cc(C(=O)O)sc2C)C1. The van der Waals surface area contributed by atoms with Crippen molar-refractivity contribution in [1.29, 1.82) is 0 Å². The lowest BCUT2D eigenvalue weighted by Crippen LogP contribution is -2.62. The van der Waals surface area contributed by atoms with Gasteiger partial charge in [-0.1, -0.05) is 6.92 Å². The summed E-state index contributed by atoms with van der Waals surface area (Å²) in [5, 5.41) is 18.7. The first-order valence-electron chi connectivity index (χ1n) is 5.76. The van der Waals surface area contributed by atoms with E-state index in [1.807, 2.05) is 0 Å². The Morgan fingerprint density at radius 1 is 1.53 bits per heavy atom. The molecule has 0 radical (unpaired) electrons. The molecule has 1 fully saturated rings. The number of hydrogen-bond acceptors (Lipinski definition) is 5. The van der Waals surface area contributed by atoms with Crippen molar-refractivity contribution in [3.63, 3.8) is 0 Å². The van der Waals surface area contributed by atoms with Gasteiger partial charge in [-0.2, -0.15) is 4.31 Å². The van der Waals surface area contributed by atoms with E-state index in [1.165, 1.54) is 10.4 Å². The van der Waals surface area contributed by atoms with Gasteiger partial charge < -0.3 is 10.2 Å². The number of aromatic carboxylic acids is 1. The van der Waals surface area contributed by atoms with Crippen molar-refractivity contribution in [2.45, 2.75) is 30.8 Å². The highest BCUT2D eigenvalue weighted by molar-refractivity contribution is 7.89. The van der Waals surface area contributed by atoms with Gasteiger partial charge in [-0.25, -0.2) is 13.2 Å². The van der Waals surface area contributed by atoms with Crippen LogP contribution in [0.2, 0.25) is 0 Å². The molecule has 2 rings (SSSR count). The lowest BCUT2D eigenvalue weighted by molar-refractivity contribution is -0.0613. The van der Waals surface area contributed by atoms with Crippen molar-refractivity contribution >= 4 is 27.3 Å². The highest BCUT2D eigenvalue weighted by atomic mass is 32.2. The highest BCUT2D eigenvalue weighted by Gasteiger charge is 2.46. The Bertz CT molecular complexity index is 613. The summed E-state index contributed by atoms with van der Waals surface area (Å²) in [5.74, 6) is -1.14. The number of nitrogens with zero attached hydrogens (tertiary/aromatic N) is 1. The molecule has 0 spiro atoms. The number of aliphatic hydroxyl groups is 1. The zero-order valence-electron chi connectivity index (χ0n) is 10.6. The van der Waals surface area contributed by atoms with Gasteiger partial charge in [0, 0.05) is 18.0 Å². The number of hydrogen-bond donors (Lipinski definition) is 2. The Labute approximate surface area is 115 Å². The van der Waals surface area contributed by atoms with Crippen molar-refractivity contribution in [3.8, 4) is 0 Å². The molecule has 2 N–H and O–H groups in total. The summed E-state index contributed by atoms with van der Waals surface area (Å²) in [6.07, 6.45) is 0.488. The fourth-order valence-electron chi connectivity index (χ4n) is 1.97. The summed E-state index contributed by atoms with van der Waals surface area (Å²) in [6, 6.07) is 1.18. The van der Waals surface area contributed by atoms with Crippen LogP contribution in [0, 0.1) is 6.92 Å². The van der Waals surface area contributed by atoms with E-state index in [2.05, 4.69) is 0 Å². The third-order valence-electron chi connectivity index (χ3n) is 3.30. The summed E-state index contributed by atoms with van der Waals surface area (Å²) in [5.41, 5.74) is -0.952. The first kappa shape index (κ1) is 14.4. The van der Waals surface area contributed by atoms with Gasteiger partial charge in [0.25, 0.3) is 0 Å². The quantitative estimate of drug-likeness (QED) is 0.862. The second-order valence-corrected chi connectivity index (χ2v) is 7.85. The van der Waals surface area contributed by atoms with Crippen LogP contribution in [0.5, 0.6) is 0 Å². The Balaban J connectivity index is 2.29. The molecule has 1 aliphatic rings. The molecule has 0 saturated carbocycles. The lowest BCUT2D eigenvalue weighted by Gasteiger charge is -2.44. The molecule has 1 aromatic rings. The molecule has 1 aromatic heterocycles. The van der Waals surface area contributed by atoms with Crippen LogP contribution in [0.1, 0.15) is 27.9 Å². The predicted molar refractivity (Wildman–Crippen MR) is 70.0 cm³/mol. The Morgan fingerprint density at radius 3 is 2.53 bits per heavy atom. The summed E-state index contributed by atoms with van der Waals surface area (Å²) < 4.78 is 25.8. The van der Waals surface area contributed by atoms with Crippen molar-refractivity contribution in [2.24, 2.45) is 0 Å². The molecule has 106 valence electrons. The second-order valence-electron chi connectivity index (χ2n) is 4.69. The molecule has 0 amide bonds. The van der Waals surface area contributed by atoms with Crippen LogP contribution in [-0.4, -0.2) is 47.6 Å². The molecule has 6 nitrogen and oxygen atoms in total. The largest absolute Gasteiger partial charge is 0.477 e. The highest BCUT2D eigenvalue weighted by Crippen LogP contribution is 2.34. The van der Waals surface area contributed by atoms with Gasteiger partial charge in [0.15, 0.2) is 0 Å². The molecule has 1 aliphatic heterocycles. The van der Waals surface area contributed by atoms with Gasteiger partial charge in [0.05, 0.1) is 10.5 Å². The lowest BCUT2D eigenvalue weighted by atomic mass is 9.94. The maximum atomic E-state index is 12.3. The number of thiophene rings is 1. The normalized spacial score (nSPS) is 19.1. The van der Waals surface area contributed by atoms with Crippen LogP contribution in [0.15, 0.2) is 11.0 Å². The number of carboxylic acids is 1. The zero-order valence-corrected chi connectivity index (χ0v) is 12.2. The van der Waals surface area contributed by atoms with Gasteiger partial charge >= 0.3 is 5.97 Å². The monoisotopic (exact) mass is 305 g/mol. The number of aryl methyl sites for hydroxylation is 1. The number of β-amino-alcohol motifs (C(OH)–C–C–N with tert-alkyl or cyclic N) is 1. The molecule has 0 unspecified atom stereocenters. The van der Waals surface area contributed by atoms with Gasteiger partial charge in [0.1, 0.15) is 4.88 Å². The fourth-order valence-corrected chi connectivity index (χ4v) is 4.97. The van der Waals surface area contributed by atoms with E-state index in [0.29, 0.717) is 11.3 Å². The van der Waals surface area contributed by atoms with Crippen LogP contribution < -0.4 is 0 Å². The van der Waals surface area contributed by atoms with E-state index in [1.54, 1.807) is 13.8 Å². The molecule has 19 heavy (non-hydrogen) atoms. The topological polar surface area (TPSA) is 94.9 Å². The van der Waals surface area contributed by atoms with Gasteiger partial charge in [-0.3, -0.25) is 0 Å². The number of carboxylic acid groups (broad SMARTS) is 1. The standard InChI is InChI=1S/C11H15NO5S2/c1-3-11(15)5-12(6-11)19(16,17)9-4-8(10(13)14)18-7(9)2/h4,15H,3,5-6H2,1-2H3,(H,13,14). The first-order valence-corrected chi connectivity index (χ1v) is 8.01. The smallest absolute Gasteiger partial charge is 0.345 e. The van der Waals surface area contributed by atoms with E-state index in [9.17, 15) is 18.3 Å². The Hall–Kier alpha value is -0.960. The van der Waals surface area contributed by atoms with Crippen LogP contribution in [0.4, 0.5) is 0 Å². The molecule has 0 atom stereocenters. The molecule has 0 aromatic carbocycles. The van der Waals surface area contributed by atoms with Crippen LogP contribution in [-0.2, 0) is 10.0 Å². The van der Waals surface area contributed by atoms with Gasteiger partial charge in [-0.05, 0) is 19.4 Å². The minimum absolute atomic E-state index is 0.00218. The van der Waals surface area contributed by atoms with Crippen LogP contribution in [0.25, 0.3) is 0 Å². The average Bonchev–Trinajstić information content (AvgIpc) is 2.68. The number of carbonyl (C=O) groups is 1. The van der Waals surface area contributed by atoms with Crippen LogP contribution in [0.3, 0.4) is 0 Å². The predicted octanol–water partition coefficient (Wildman–Crippen LogP) is 0.900. The van der Waals surface area contributed by atoms with Crippen LogP contribution >= 0.6 is 11.3 Å². The van der Waals surface area contributed by atoms with Gasteiger partial charge in [0.2, 0.25) is 10.0 Å². The molecule has 8 heteroatoms.